The Balaban J connectivity index is 1.58. The van der Waals surface area contributed by atoms with Gasteiger partial charge in [-0.3, -0.25) is 4.79 Å². The molecule has 132 valence electrons. The van der Waals surface area contributed by atoms with Crippen LogP contribution in [0.3, 0.4) is 0 Å². The Hall–Kier alpha value is -1.79. The van der Waals surface area contributed by atoms with Gasteiger partial charge in [0.2, 0.25) is 5.91 Å². The van der Waals surface area contributed by atoms with Crippen molar-refractivity contribution in [2.24, 2.45) is 0 Å². The summed E-state index contributed by atoms with van der Waals surface area (Å²) in [5, 5.41) is 6.07. The molecule has 0 aromatic heterocycles. The van der Waals surface area contributed by atoms with Crippen LogP contribution in [0.4, 0.5) is 5.69 Å². The van der Waals surface area contributed by atoms with E-state index in [1.807, 2.05) is 26.0 Å². The van der Waals surface area contributed by atoms with Crippen LogP contribution in [0.1, 0.15) is 32.3 Å². The summed E-state index contributed by atoms with van der Waals surface area (Å²) in [6, 6.07) is 3.83. The van der Waals surface area contributed by atoms with Gasteiger partial charge in [-0.05, 0) is 32.8 Å². The molecule has 2 unspecified atom stereocenters. The minimum atomic E-state index is -0.0973. The molecule has 0 aliphatic carbocycles. The number of hydrogen-bond donors (Lipinski definition) is 2. The van der Waals surface area contributed by atoms with E-state index in [-0.39, 0.29) is 24.7 Å². The van der Waals surface area contributed by atoms with Crippen molar-refractivity contribution < 1.29 is 19.0 Å². The van der Waals surface area contributed by atoms with Crippen molar-refractivity contribution >= 4 is 11.6 Å². The standard InChI is InChI=1S/C18H26N2O4/c1-3-22-17-8-13-7-12(2)24-16(13)9-15(17)20-18(21)11-19-10-14-5-4-6-23-14/h8-9,12,14,19H,3-7,10-11H2,1-2H3,(H,20,21). The van der Waals surface area contributed by atoms with Gasteiger partial charge in [-0.25, -0.2) is 0 Å². The fourth-order valence-corrected chi connectivity index (χ4v) is 3.16. The van der Waals surface area contributed by atoms with E-state index in [0.29, 0.717) is 24.6 Å². The molecule has 0 spiro atoms. The molecule has 1 aromatic rings. The van der Waals surface area contributed by atoms with Crippen molar-refractivity contribution in [3.8, 4) is 11.5 Å². The van der Waals surface area contributed by atoms with Crippen LogP contribution < -0.4 is 20.1 Å². The number of amides is 1. The van der Waals surface area contributed by atoms with E-state index in [4.69, 9.17) is 14.2 Å². The second-order valence-corrected chi connectivity index (χ2v) is 6.34. The third-order valence-corrected chi connectivity index (χ3v) is 4.25. The maximum Gasteiger partial charge on any atom is 0.238 e. The lowest BCUT2D eigenvalue weighted by Crippen LogP contribution is -2.33. The number of nitrogens with one attached hydrogen (secondary N) is 2. The second kappa shape index (κ2) is 7.85. The van der Waals surface area contributed by atoms with Crippen LogP contribution >= 0.6 is 0 Å². The summed E-state index contributed by atoms with van der Waals surface area (Å²) in [5.41, 5.74) is 1.79. The highest BCUT2D eigenvalue weighted by atomic mass is 16.5. The topological polar surface area (TPSA) is 68.8 Å². The molecule has 2 heterocycles. The van der Waals surface area contributed by atoms with Crippen molar-refractivity contribution in [2.45, 2.75) is 45.3 Å². The molecule has 3 rings (SSSR count). The van der Waals surface area contributed by atoms with E-state index in [2.05, 4.69) is 10.6 Å². The average molecular weight is 334 g/mol. The molecule has 2 atom stereocenters. The molecule has 1 saturated heterocycles. The lowest BCUT2D eigenvalue weighted by molar-refractivity contribution is -0.115. The molecular formula is C18H26N2O4. The van der Waals surface area contributed by atoms with Gasteiger partial charge < -0.3 is 24.8 Å². The van der Waals surface area contributed by atoms with E-state index in [0.717, 1.165) is 37.2 Å². The molecule has 6 nitrogen and oxygen atoms in total. The average Bonchev–Trinajstić information content (AvgIpc) is 3.16. The van der Waals surface area contributed by atoms with Gasteiger partial charge in [0.1, 0.15) is 17.6 Å². The van der Waals surface area contributed by atoms with Crippen molar-refractivity contribution in [1.82, 2.24) is 5.32 Å². The summed E-state index contributed by atoms with van der Waals surface area (Å²) in [7, 11) is 0. The Kier molecular flexibility index (Phi) is 5.58. The third kappa shape index (κ3) is 4.19. The van der Waals surface area contributed by atoms with Gasteiger partial charge in [-0.2, -0.15) is 0 Å². The van der Waals surface area contributed by atoms with Gasteiger partial charge in [-0.1, -0.05) is 0 Å². The summed E-state index contributed by atoms with van der Waals surface area (Å²) in [5.74, 6) is 1.43. The van der Waals surface area contributed by atoms with Crippen molar-refractivity contribution in [3.05, 3.63) is 17.7 Å². The quantitative estimate of drug-likeness (QED) is 0.799. The molecule has 6 heteroatoms. The smallest absolute Gasteiger partial charge is 0.238 e. The van der Waals surface area contributed by atoms with E-state index in [9.17, 15) is 4.79 Å². The van der Waals surface area contributed by atoms with Crippen LogP contribution in [0.2, 0.25) is 0 Å². The Morgan fingerprint density at radius 3 is 3.04 bits per heavy atom. The molecule has 0 radical (unpaired) electrons. The highest BCUT2D eigenvalue weighted by molar-refractivity contribution is 5.94. The van der Waals surface area contributed by atoms with Crippen molar-refractivity contribution in [1.29, 1.82) is 0 Å². The molecule has 1 aromatic carbocycles. The predicted molar refractivity (Wildman–Crippen MR) is 91.9 cm³/mol. The zero-order valence-electron chi connectivity index (χ0n) is 14.4. The highest BCUT2D eigenvalue weighted by Gasteiger charge is 2.22. The number of anilines is 1. The maximum atomic E-state index is 12.2. The first kappa shape index (κ1) is 17.0. The summed E-state index contributed by atoms with van der Waals surface area (Å²) >= 11 is 0. The first-order chi connectivity index (χ1) is 11.7. The minimum absolute atomic E-state index is 0.0973. The predicted octanol–water partition coefficient (Wildman–Crippen LogP) is 2.12. The zero-order chi connectivity index (χ0) is 16.9. The van der Waals surface area contributed by atoms with Crippen LogP contribution in [0.15, 0.2) is 12.1 Å². The second-order valence-electron chi connectivity index (χ2n) is 6.34. The summed E-state index contributed by atoms with van der Waals surface area (Å²) in [6.07, 6.45) is 3.42. The Bertz CT molecular complexity index is 585. The number of fused-ring (bicyclic) bond motifs is 1. The summed E-state index contributed by atoms with van der Waals surface area (Å²) in [6.45, 7) is 6.30. The van der Waals surface area contributed by atoms with Gasteiger partial charge in [0, 0.05) is 31.2 Å². The molecule has 1 amide bonds. The molecule has 2 N–H and O–H groups in total. The number of carbonyl (C=O) groups is 1. The summed E-state index contributed by atoms with van der Waals surface area (Å²) in [4.78, 5) is 12.2. The van der Waals surface area contributed by atoms with Gasteiger partial charge in [0.05, 0.1) is 24.9 Å². The maximum absolute atomic E-state index is 12.2. The Labute approximate surface area is 142 Å². The minimum Gasteiger partial charge on any atom is -0.492 e. The molecule has 24 heavy (non-hydrogen) atoms. The lowest BCUT2D eigenvalue weighted by atomic mass is 10.1. The van der Waals surface area contributed by atoms with Crippen LogP contribution in [-0.2, 0) is 16.0 Å². The molecule has 2 aliphatic rings. The van der Waals surface area contributed by atoms with E-state index >= 15 is 0 Å². The number of hydrogen-bond acceptors (Lipinski definition) is 5. The van der Waals surface area contributed by atoms with Crippen molar-refractivity contribution in [3.63, 3.8) is 0 Å². The lowest BCUT2D eigenvalue weighted by Gasteiger charge is -2.14. The largest absolute Gasteiger partial charge is 0.492 e. The van der Waals surface area contributed by atoms with Crippen LogP contribution in [0.25, 0.3) is 0 Å². The number of ether oxygens (including phenoxy) is 3. The third-order valence-electron chi connectivity index (χ3n) is 4.25. The Morgan fingerprint density at radius 1 is 1.42 bits per heavy atom. The van der Waals surface area contributed by atoms with Crippen LogP contribution in [0, 0.1) is 0 Å². The number of rotatable bonds is 7. The molecule has 0 bridgehead atoms. The molecular weight excluding hydrogens is 308 g/mol. The SMILES string of the molecule is CCOc1cc2c(cc1NC(=O)CNCC1CCCO1)OC(C)C2. The molecule has 2 aliphatic heterocycles. The molecule has 1 fully saturated rings. The van der Waals surface area contributed by atoms with Gasteiger partial charge in [-0.15, -0.1) is 0 Å². The van der Waals surface area contributed by atoms with Gasteiger partial charge in [0.25, 0.3) is 0 Å². The first-order valence-electron chi connectivity index (χ1n) is 8.74. The fourth-order valence-electron chi connectivity index (χ4n) is 3.16. The number of benzene rings is 1. The first-order valence-corrected chi connectivity index (χ1v) is 8.74. The fraction of sp³-hybridized carbons (Fsp3) is 0.611. The van der Waals surface area contributed by atoms with Crippen molar-refractivity contribution in [2.75, 3.05) is 31.6 Å². The van der Waals surface area contributed by atoms with E-state index in [1.54, 1.807) is 0 Å². The van der Waals surface area contributed by atoms with Crippen LogP contribution in [0.5, 0.6) is 11.5 Å². The van der Waals surface area contributed by atoms with E-state index in [1.165, 1.54) is 0 Å². The van der Waals surface area contributed by atoms with Gasteiger partial charge in [0.15, 0.2) is 0 Å². The monoisotopic (exact) mass is 334 g/mol. The van der Waals surface area contributed by atoms with Gasteiger partial charge >= 0.3 is 0 Å². The summed E-state index contributed by atoms with van der Waals surface area (Å²) < 4.78 is 17.0. The molecule has 0 saturated carbocycles. The van der Waals surface area contributed by atoms with E-state index < -0.39 is 0 Å². The Morgan fingerprint density at radius 2 is 2.29 bits per heavy atom. The zero-order valence-corrected chi connectivity index (χ0v) is 14.4. The highest BCUT2D eigenvalue weighted by Crippen LogP contribution is 2.37. The number of carbonyl (C=O) groups excluding carboxylic acids is 1. The van der Waals surface area contributed by atoms with Crippen LogP contribution in [-0.4, -0.2) is 44.4 Å². The normalized spacial score (nSPS) is 22.1.